The lowest BCUT2D eigenvalue weighted by Crippen LogP contribution is -2.50. The molecule has 0 radical (unpaired) electrons. The van der Waals surface area contributed by atoms with Crippen molar-refractivity contribution in [3.05, 3.63) is 0 Å². The maximum atomic E-state index is 10.3. The second-order valence-corrected chi connectivity index (χ2v) is 13.8. The third-order valence-electron chi connectivity index (χ3n) is 9.23. The Morgan fingerprint density at radius 3 is 0.826 bits per heavy atom. The molecule has 0 spiro atoms. The zero-order valence-electron chi connectivity index (χ0n) is 30.7. The van der Waals surface area contributed by atoms with E-state index < -0.39 is 36.4 Å². The number of carboxylic acids is 3. The molecule has 0 saturated carbocycles. The van der Waals surface area contributed by atoms with E-state index in [0.29, 0.717) is 0 Å². The number of aliphatic hydroxyl groups is 1. The number of quaternary nitrogens is 1. The molecule has 274 valence electrons. The lowest BCUT2D eigenvalue weighted by molar-refractivity contribution is -0.929. The van der Waals surface area contributed by atoms with Crippen LogP contribution in [-0.4, -0.2) is 74.6 Å². The zero-order valence-corrected chi connectivity index (χ0v) is 30.7. The van der Waals surface area contributed by atoms with Gasteiger partial charge in [-0.25, -0.2) is 4.79 Å². The van der Waals surface area contributed by atoms with Crippen molar-refractivity contribution < 1.29 is 39.3 Å². The SMILES string of the molecule is CCCCCCCC[N+](CCCCCCCC)(CCCCCCCC)CCCCCCCC.O=C(O)CC(O)(CC(=O)O)C(=O)O. The normalized spacial score (nSPS) is 11.7. The van der Waals surface area contributed by atoms with Crippen LogP contribution in [0.5, 0.6) is 0 Å². The molecule has 8 nitrogen and oxygen atoms in total. The summed E-state index contributed by atoms with van der Waals surface area (Å²) in [5.74, 6) is -5.02. The van der Waals surface area contributed by atoms with Gasteiger partial charge in [-0.05, 0) is 51.4 Å². The molecule has 0 fully saturated rings. The van der Waals surface area contributed by atoms with Crippen LogP contribution in [0.3, 0.4) is 0 Å². The minimum atomic E-state index is -2.74. The van der Waals surface area contributed by atoms with E-state index in [1.54, 1.807) is 0 Å². The molecule has 0 saturated heterocycles. The van der Waals surface area contributed by atoms with Crippen molar-refractivity contribution in [3.63, 3.8) is 0 Å². The minimum absolute atomic E-state index is 1.14. The minimum Gasteiger partial charge on any atom is -0.481 e. The molecule has 0 atom stereocenters. The molecule has 0 aromatic rings. The van der Waals surface area contributed by atoms with Crippen molar-refractivity contribution in [1.82, 2.24) is 0 Å². The second-order valence-electron chi connectivity index (χ2n) is 13.8. The molecule has 8 heteroatoms. The Balaban J connectivity index is 0. The van der Waals surface area contributed by atoms with Crippen LogP contribution in [0.15, 0.2) is 0 Å². The molecule has 0 amide bonds. The third kappa shape index (κ3) is 28.5. The van der Waals surface area contributed by atoms with E-state index in [1.807, 2.05) is 0 Å². The molecule has 0 unspecified atom stereocenters. The van der Waals surface area contributed by atoms with E-state index in [9.17, 15) is 14.4 Å². The number of rotatable bonds is 33. The molecule has 0 rings (SSSR count). The lowest BCUT2D eigenvalue weighted by atomic mass is 9.96. The molecule has 46 heavy (non-hydrogen) atoms. The van der Waals surface area contributed by atoms with Crippen LogP contribution in [0.25, 0.3) is 0 Å². The Morgan fingerprint density at radius 2 is 0.630 bits per heavy atom. The van der Waals surface area contributed by atoms with Gasteiger partial charge in [-0.15, -0.1) is 0 Å². The summed E-state index contributed by atoms with van der Waals surface area (Å²) in [4.78, 5) is 30.5. The van der Waals surface area contributed by atoms with Crippen molar-refractivity contribution in [2.75, 3.05) is 26.2 Å². The Bertz CT molecular complexity index is 642. The van der Waals surface area contributed by atoms with Crippen molar-refractivity contribution in [3.8, 4) is 0 Å². The van der Waals surface area contributed by atoms with Gasteiger partial charge in [0.15, 0.2) is 5.60 Å². The lowest BCUT2D eigenvalue weighted by Gasteiger charge is -2.40. The van der Waals surface area contributed by atoms with Gasteiger partial charge in [0.2, 0.25) is 0 Å². The maximum Gasteiger partial charge on any atom is 0.336 e. The molecule has 0 aliphatic heterocycles. The maximum absolute atomic E-state index is 10.3. The van der Waals surface area contributed by atoms with Gasteiger partial charge >= 0.3 is 17.9 Å². The Kier molecular flexibility index (Phi) is 32.2. The summed E-state index contributed by atoms with van der Waals surface area (Å²) >= 11 is 0. The summed E-state index contributed by atoms with van der Waals surface area (Å²) in [5, 5.41) is 33.8. The second kappa shape index (κ2) is 31.9. The Morgan fingerprint density at radius 1 is 0.413 bits per heavy atom. The first-order chi connectivity index (χ1) is 22.0. The van der Waals surface area contributed by atoms with E-state index in [2.05, 4.69) is 27.7 Å². The summed E-state index contributed by atoms with van der Waals surface area (Å²) in [6.45, 7) is 15.3. The quantitative estimate of drug-likeness (QED) is 0.0407. The highest BCUT2D eigenvalue weighted by Gasteiger charge is 2.40. The number of carbonyl (C=O) groups is 3. The van der Waals surface area contributed by atoms with Gasteiger partial charge in [0.05, 0.1) is 39.0 Å². The van der Waals surface area contributed by atoms with E-state index in [1.165, 1.54) is 185 Å². The van der Waals surface area contributed by atoms with Gasteiger partial charge < -0.3 is 24.9 Å². The fourth-order valence-corrected chi connectivity index (χ4v) is 6.30. The van der Waals surface area contributed by atoms with Crippen molar-refractivity contribution in [2.45, 2.75) is 200 Å². The van der Waals surface area contributed by atoms with E-state index in [4.69, 9.17) is 20.4 Å². The monoisotopic (exact) mass is 659 g/mol. The number of unbranched alkanes of at least 4 members (excludes halogenated alkanes) is 20. The van der Waals surface area contributed by atoms with E-state index >= 15 is 0 Å². The highest BCUT2D eigenvalue weighted by molar-refractivity contribution is 5.88. The molecule has 0 bridgehead atoms. The van der Waals surface area contributed by atoms with Gasteiger partial charge in [0.1, 0.15) is 0 Å². The fraction of sp³-hybridized carbons (Fsp3) is 0.921. The summed E-state index contributed by atoms with van der Waals surface area (Å²) in [7, 11) is 0. The van der Waals surface area contributed by atoms with Gasteiger partial charge in [0.25, 0.3) is 0 Å². The summed E-state index contributed by atoms with van der Waals surface area (Å²) in [5.41, 5.74) is -2.74. The van der Waals surface area contributed by atoms with Gasteiger partial charge in [-0.2, -0.15) is 0 Å². The van der Waals surface area contributed by atoms with E-state index in [-0.39, 0.29) is 0 Å². The van der Waals surface area contributed by atoms with Crippen LogP contribution >= 0.6 is 0 Å². The molecule has 0 aromatic carbocycles. The molecule has 0 heterocycles. The topological polar surface area (TPSA) is 132 Å². The largest absolute Gasteiger partial charge is 0.481 e. The average Bonchev–Trinajstić information content (AvgIpc) is 2.99. The molecule has 0 aliphatic carbocycles. The fourth-order valence-electron chi connectivity index (χ4n) is 6.30. The molecule has 4 N–H and O–H groups in total. The van der Waals surface area contributed by atoms with Crippen molar-refractivity contribution >= 4 is 17.9 Å². The standard InChI is InChI=1S/C32H68N.C6H8O7/c1-5-9-13-17-21-25-29-33(30-26-22-18-14-10-6-2,31-27-23-19-15-11-7-3)32-28-24-20-16-12-8-4;7-3(8)1-6(13,5(11)12)2-4(9)10/h5-32H2,1-4H3;13H,1-2H2,(H,7,8)(H,9,10)(H,11,12)/q+1;. The van der Waals surface area contributed by atoms with Crippen LogP contribution in [0.1, 0.15) is 195 Å². The van der Waals surface area contributed by atoms with Crippen molar-refractivity contribution in [1.29, 1.82) is 0 Å². The summed E-state index contributed by atoms with van der Waals surface area (Å²) in [6, 6.07) is 0. The Labute approximate surface area is 283 Å². The number of hydrogen-bond acceptors (Lipinski definition) is 4. The molecular weight excluding hydrogens is 582 g/mol. The first-order valence-corrected chi connectivity index (χ1v) is 19.3. The number of aliphatic carboxylic acids is 3. The predicted octanol–water partition coefficient (Wildman–Crippen LogP) is 10.00. The molecule has 0 aliphatic rings. The average molecular weight is 659 g/mol. The number of carboxylic acid groups (broad SMARTS) is 3. The van der Waals surface area contributed by atoms with Crippen molar-refractivity contribution in [2.24, 2.45) is 0 Å². The van der Waals surface area contributed by atoms with E-state index in [0.717, 1.165) is 0 Å². The molecular formula is C38H76NO7+. The number of nitrogens with zero attached hydrogens (tertiary/aromatic N) is 1. The first kappa shape index (κ1) is 46.4. The third-order valence-corrected chi connectivity index (χ3v) is 9.23. The van der Waals surface area contributed by atoms with Crippen LogP contribution in [0, 0.1) is 0 Å². The summed E-state index contributed by atoms with van der Waals surface area (Å²) in [6.07, 6.45) is 32.5. The number of hydrogen-bond donors (Lipinski definition) is 4. The smallest absolute Gasteiger partial charge is 0.336 e. The van der Waals surface area contributed by atoms with Gasteiger partial charge in [0, 0.05) is 0 Å². The predicted molar refractivity (Wildman–Crippen MR) is 190 cm³/mol. The van der Waals surface area contributed by atoms with Crippen LogP contribution in [0.4, 0.5) is 0 Å². The summed E-state index contributed by atoms with van der Waals surface area (Å²) < 4.78 is 1.48. The van der Waals surface area contributed by atoms with Crippen LogP contribution in [-0.2, 0) is 14.4 Å². The highest BCUT2D eigenvalue weighted by atomic mass is 16.4. The highest BCUT2D eigenvalue weighted by Crippen LogP contribution is 2.21. The Hall–Kier alpha value is -1.67. The zero-order chi connectivity index (χ0) is 34.9. The van der Waals surface area contributed by atoms with Crippen LogP contribution < -0.4 is 0 Å². The first-order valence-electron chi connectivity index (χ1n) is 19.3. The van der Waals surface area contributed by atoms with Crippen LogP contribution in [0.2, 0.25) is 0 Å². The van der Waals surface area contributed by atoms with Gasteiger partial charge in [-0.3, -0.25) is 9.59 Å². The van der Waals surface area contributed by atoms with Gasteiger partial charge in [-0.1, -0.05) is 130 Å². The molecule has 0 aromatic heterocycles.